The van der Waals surface area contributed by atoms with Crippen molar-refractivity contribution in [1.29, 1.82) is 0 Å². The third-order valence-electron chi connectivity index (χ3n) is 3.56. The van der Waals surface area contributed by atoms with Gasteiger partial charge in [-0.05, 0) is 18.6 Å². The topological polar surface area (TPSA) is 84.0 Å². The largest absolute Gasteiger partial charge is 0.497 e. The van der Waals surface area contributed by atoms with E-state index < -0.39 is 20.0 Å². The number of benzene rings is 1. The van der Waals surface area contributed by atoms with Gasteiger partial charge >= 0.3 is 0 Å². The van der Waals surface area contributed by atoms with Gasteiger partial charge in [-0.3, -0.25) is 0 Å². The van der Waals surface area contributed by atoms with E-state index in [0.29, 0.717) is 25.3 Å². The van der Waals surface area contributed by atoms with Crippen LogP contribution in [0.1, 0.15) is 6.42 Å². The van der Waals surface area contributed by atoms with Crippen LogP contribution in [0.5, 0.6) is 5.75 Å². The average Bonchev–Trinajstić information content (AvgIpc) is 2.73. The normalized spacial score (nSPS) is 18.8. The smallest absolute Gasteiger partial charge is 0.243 e. The van der Waals surface area contributed by atoms with E-state index in [2.05, 4.69) is 0 Å². The molecule has 1 fully saturated rings. The number of ether oxygens (including phenoxy) is 1. The van der Waals surface area contributed by atoms with Crippen molar-refractivity contribution in [3.63, 3.8) is 0 Å². The Balaban J connectivity index is 2.23. The maximum absolute atomic E-state index is 12.7. The molecule has 1 saturated heterocycles. The van der Waals surface area contributed by atoms with Gasteiger partial charge in [0.25, 0.3) is 0 Å². The van der Waals surface area contributed by atoms with Gasteiger partial charge in [-0.1, -0.05) is 6.07 Å². The molecule has 1 aromatic carbocycles. The summed E-state index contributed by atoms with van der Waals surface area (Å²) in [6.07, 6.45) is 1.61. The summed E-state index contributed by atoms with van der Waals surface area (Å²) in [5.74, 6) is 0.466. The van der Waals surface area contributed by atoms with Gasteiger partial charge in [0.05, 0.1) is 18.3 Å². The zero-order valence-corrected chi connectivity index (χ0v) is 14.2. The third kappa shape index (κ3) is 3.78. The van der Waals surface area contributed by atoms with Crippen molar-refractivity contribution in [2.24, 2.45) is 0 Å². The Morgan fingerprint density at radius 1 is 1.00 bits per heavy atom. The molecule has 0 unspecified atom stereocenters. The number of nitrogens with zero attached hydrogens (tertiary/aromatic N) is 2. The minimum Gasteiger partial charge on any atom is -0.497 e. The third-order valence-corrected chi connectivity index (χ3v) is 6.76. The molecule has 0 N–H and O–H groups in total. The Labute approximate surface area is 131 Å². The Bertz CT molecular complexity index is 731. The van der Waals surface area contributed by atoms with Crippen molar-refractivity contribution in [2.75, 3.05) is 39.5 Å². The molecule has 0 radical (unpaired) electrons. The fraction of sp³-hybridized carbons (Fsp3) is 0.538. The monoisotopic (exact) mass is 348 g/mol. The maximum atomic E-state index is 12.7. The molecule has 0 amide bonds. The molecule has 124 valence electrons. The van der Waals surface area contributed by atoms with Crippen LogP contribution >= 0.6 is 0 Å². The molecule has 7 nitrogen and oxygen atoms in total. The van der Waals surface area contributed by atoms with E-state index in [4.69, 9.17) is 4.74 Å². The summed E-state index contributed by atoms with van der Waals surface area (Å²) in [4.78, 5) is 0.152. The summed E-state index contributed by atoms with van der Waals surface area (Å²) < 4.78 is 56.2. The highest BCUT2D eigenvalue weighted by Crippen LogP contribution is 2.22. The van der Waals surface area contributed by atoms with Crippen molar-refractivity contribution in [3.05, 3.63) is 24.3 Å². The van der Waals surface area contributed by atoms with Crippen LogP contribution in [0.25, 0.3) is 0 Å². The molecule has 1 aliphatic heterocycles. The highest BCUT2D eigenvalue weighted by atomic mass is 32.2. The van der Waals surface area contributed by atoms with Crippen molar-refractivity contribution < 1.29 is 21.6 Å². The first kappa shape index (κ1) is 17.2. The molecule has 1 heterocycles. The van der Waals surface area contributed by atoms with Crippen molar-refractivity contribution in [3.8, 4) is 5.75 Å². The molecule has 1 aliphatic rings. The zero-order valence-electron chi connectivity index (χ0n) is 12.6. The fourth-order valence-electron chi connectivity index (χ4n) is 2.35. The average molecular weight is 348 g/mol. The maximum Gasteiger partial charge on any atom is 0.243 e. The van der Waals surface area contributed by atoms with Gasteiger partial charge in [0, 0.05) is 32.2 Å². The fourth-order valence-corrected chi connectivity index (χ4v) is 4.73. The molecular weight excluding hydrogens is 328 g/mol. The lowest BCUT2D eigenvalue weighted by atomic mass is 10.3. The number of hydrogen-bond acceptors (Lipinski definition) is 5. The molecular formula is C13H20N2O5S2. The van der Waals surface area contributed by atoms with E-state index >= 15 is 0 Å². The summed E-state index contributed by atoms with van der Waals surface area (Å²) in [6.45, 7) is 0.948. The molecule has 0 bridgehead atoms. The van der Waals surface area contributed by atoms with Crippen LogP contribution in [-0.4, -0.2) is 65.0 Å². The molecule has 0 atom stereocenters. The molecule has 0 aliphatic carbocycles. The Hall–Kier alpha value is -1.16. The molecule has 22 heavy (non-hydrogen) atoms. The van der Waals surface area contributed by atoms with Gasteiger partial charge in [-0.15, -0.1) is 0 Å². The SMILES string of the molecule is COc1cccc(S(=O)(=O)N2CCCN(S(C)(=O)=O)CC2)c1. The Morgan fingerprint density at radius 2 is 1.64 bits per heavy atom. The quantitative estimate of drug-likeness (QED) is 0.784. The number of rotatable bonds is 4. The molecule has 9 heteroatoms. The molecule has 2 rings (SSSR count). The number of hydrogen-bond donors (Lipinski definition) is 0. The van der Waals surface area contributed by atoms with E-state index in [0.717, 1.165) is 6.26 Å². The molecule has 0 spiro atoms. The predicted octanol–water partition coefficient (Wildman–Crippen LogP) is 0.351. The van der Waals surface area contributed by atoms with Crippen molar-refractivity contribution in [1.82, 2.24) is 8.61 Å². The van der Waals surface area contributed by atoms with E-state index in [-0.39, 0.29) is 18.0 Å². The Kier molecular flexibility index (Phi) is 5.10. The van der Waals surface area contributed by atoms with Crippen LogP contribution in [0.4, 0.5) is 0 Å². The standard InChI is InChI=1S/C13H20N2O5S2/c1-20-12-5-3-6-13(11-12)22(18,19)15-8-4-7-14(9-10-15)21(2,16)17/h3,5-6,11H,4,7-10H2,1-2H3. The molecule has 0 saturated carbocycles. The highest BCUT2D eigenvalue weighted by molar-refractivity contribution is 7.89. The van der Waals surface area contributed by atoms with Crippen LogP contribution in [0.15, 0.2) is 29.2 Å². The van der Waals surface area contributed by atoms with Crippen LogP contribution in [-0.2, 0) is 20.0 Å². The first-order valence-electron chi connectivity index (χ1n) is 6.84. The number of sulfonamides is 2. The summed E-state index contributed by atoms with van der Waals surface area (Å²) in [6, 6.07) is 6.27. The lowest BCUT2D eigenvalue weighted by molar-refractivity contribution is 0.404. The predicted molar refractivity (Wildman–Crippen MR) is 82.8 cm³/mol. The van der Waals surface area contributed by atoms with Crippen molar-refractivity contribution in [2.45, 2.75) is 11.3 Å². The minimum absolute atomic E-state index is 0.145. The Morgan fingerprint density at radius 3 is 2.27 bits per heavy atom. The second-order valence-electron chi connectivity index (χ2n) is 5.10. The van der Waals surface area contributed by atoms with E-state index in [1.54, 1.807) is 12.1 Å². The van der Waals surface area contributed by atoms with Crippen LogP contribution in [0.3, 0.4) is 0 Å². The van der Waals surface area contributed by atoms with Gasteiger partial charge in [0.2, 0.25) is 20.0 Å². The van der Waals surface area contributed by atoms with Crippen molar-refractivity contribution >= 4 is 20.0 Å². The summed E-state index contributed by atoms with van der Waals surface area (Å²) in [7, 11) is -5.48. The molecule has 0 aromatic heterocycles. The molecule has 1 aromatic rings. The lowest BCUT2D eigenvalue weighted by Gasteiger charge is -2.21. The second-order valence-corrected chi connectivity index (χ2v) is 9.02. The van der Waals surface area contributed by atoms with Gasteiger partial charge in [-0.25, -0.2) is 21.1 Å². The summed E-state index contributed by atoms with van der Waals surface area (Å²) in [5, 5.41) is 0. The van der Waals surface area contributed by atoms with Crippen LogP contribution < -0.4 is 4.74 Å². The summed E-state index contributed by atoms with van der Waals surface area (Å²) in [5.41, 5.74) is 0. The van der Waals surface area contributed by atoms with E-state index in [9.17, 15) is 16.8 Å². The van der Waals surface area contributed by atoms with E-state index in [1.807, 2.05) is 0 Å². The first-order valence-corrected chi connectivity index (χ1v) is 10.1. The van der Waals surface area contributed by atoms with Gasteiger partial charge < -0.3 is 4.74 Å². The van der Waals surface area contributed by atoms with Gasteiger partial charge in [0.1, 0.15) is 5.75 Å². The van der Waals surface area contributed by atoms with E-state index in [1.165, 1.54) is 27.9 Å². The van der Waals surface area contributed by atoms with Gasteiger partial charge in [-0.2, -0.15) is 4.31 Å². The van der Waals surface area contributed by atoms with Crippen LogP contribution in [0, 0.1) is 0 Å². The number of methoxy groups -OCH3 is 1. The summed E-state index contributed by atoms with van der Waals surface area (Å²) >= 11 is 0. The minimum atomic E-state index is -3.66. The highest BCUT2D eigenvalue weighted by Gasteiger charge is 2.29. The van der Waals surface area contributed by atoms with Crippen LogP contribution in [0.2, 0.25) is 0 Å². The second kappa shape index (κ2) is 6.53. The lowest BCUT2D eigenvalue weighted by Crippen LogP contribution is -2.36. The first-order chi connectivity index (χ1) is 10.2. The van der Waals surface area contributed by atoms with Gasteiger partial charge in [0.15, 0.2) is 0 Å². The zero-order chi connectivity index (χ0) is 16.4.